The van der Waals surface area contributed by atoms with Crippen molar-refractivity contribution in [3.8, 4) is 0 Å². The predicted molar refractivity (Wildman–Crippen MR) is 156 cm³/mol. The summed E-state index contributed by atoms with van der Waals surface area (Å²) < 4.78 is 0. The molecule has 4 aromatic carbocycles. The van der Waals surface area contributed by atoms with Gasteiger partial charge in [0.25, 0.3) is 11.8 Å². The van der Waals surface area contributed by atoms with E-state index in [4.69, 9.17) is 0 Å². The predicted octanol–water partition coefficient (Wildman–Crippen LogP) is 5.69. The molecule has 1 heterocycles. The third kappa shape index (κ3) is 6.56. The fraction of sp³-hybridized carbons (Fsp3) is 0.156. The molecule has 0 radical (unpaired) electrons. The van der Waals surface area contributed by atoms with Crippen LogP contribution in [0.25, 0.3) is 0 Å². The second kappa shape index (κ2) is 12.5. The number of thioether (sulfide) groups is 1. The Hall–Kier alpha value is -4.36. The monoisotopic (exact) mass is 535 g/mol. The Kier molecular flexibility index (Phi) is 8.39. The van der Waals surface area contributed by atoms with Crippen molar-refractivity contribution >= 4 is 35.2 Å². The molecule has 0 spiro atoms. The van der Waals surface area contributed by atoms with Crippen LogP contribution in [0.3, 0.4) is 0 Å². The Morgan fingerprint density at radius 2 is 1.41 bits per heavy atom. The van der Waals surface area contributed by atoms with Gasteiger partial charge in [-0.3, -0.25) is 14.4 Å². The van der Waals surface area contributed by atoms with E-state index in [1.807, 2.05) is 77.7 Å². The van der Waals surface area contributed by atoms with Crippen molar-refractivity contribution in [2.45, 2.75) is 18.3 Å². The van der Waals surface area contributed by atoms with E-state index in [1.165, 1.54) is 0 Å². The maximum atomic E-state index is 13.1. The molecule has 7 heteroatoms. The number of carbonyl (C=O) groups excluding carboxylic acids is 3. The van der Waals surface area contributed by atoms with Crippen LogP contribution in [0.1, 0.15) is 42.8 Å². The van der Waals surface area contributed by atoms with E-state index < -0.39 is 0 Å². The van der Waals surface area contributed by atoms with E-state index in [1.54, 1.807) is 48.2 Å². The maximum absolute atomic E-state index is 13.1. The minimum atomic E-state index is -0.303. The molecule has 4 aromatic rings. The average molecular weight is 536 g/mol. The highest BCUT2D eigenvalue weighted by Gasteiger charge is 2.32. The smallest absolute Gasteiger partial charge is 0.255 e. The van der Waals surface area contributed by atoms with E-state index in [9.17, 15) is 14.4 Å². The highest BCUT2D eigenvalue weighted by Crippen LogP contribution is 2.39. The van der Waals surface area contributed by atoms with Crippen molar-refractivity contribution in [1.82, 2.24) is 10.2 Å². The first kappa shape index (κ1) is 26.3. The van der Waals surface area contributed by atoms with Gasteiger partial charge in [0.15, 0.2) is 0 Å². The van der Waals surface area contributed by atoms with Crippen LogP contribution in [0.4, 0.5) is 5.69 Å². The van der Waals surface area contributed by atoms with Gasteiger partial charge >= 0.3 is 0 Å². The fourth-order valence-electron chi connectivity index (χ4n) is 4.53. The molecule has 1 atom stereocenters. The molecule has 1 fully saturated rings. The van der Waals surface area contributed by atoms with Crippen LogP contribution in [0, 0.1) is 0 Å². The molecule has 1 aliphatic rings. The molecule has 0 aliphatic carbocycles. The van der Waals surface area contributed by atoms with Crippen LogP contribution in [0.15, 0.2) is 109 Å². The van der Waals surface area contributed by atoms with Gasteiger partial charge in [-0.1, -0.05) is 84.9 Å². The molecule has 0 unspecified atom stereocenters. The van der Waals surface area contributed by atoms with Gasteiger partial charge in [0.2, 0.25) is 5.91 Å². The Bertz CT molecular complexity index is 1440. The Morgan fingerprint density at radius 3 is 2.13 bits per heavy atom. The minimum Gasteiger partial charge on any atom is -0.352 e. The summed E-state index contributed by atoms with van der Waals surface area (Å²) in [6.45, 7) is 1.04. The molecule has 5 rings (SSSR count). The van der Waals surface area contributed by atoms with Crippen LogP contribution in [0.5, 0.6) is 0 Å². The molecule has 3 amide bonds. The van der Waals surface area contributed by atoms with Crippen LogP contribution < -0.4 is 10.6 Å². The van der Waals surface area contributed by atoms with Crippen LogP contribution in [-0.2, 0) is 17.8 Å². The third-order valence-electron chi connectivity index (χ3n) is 6.58. The zero-order valence-electron chi connectivity index (χ0n) is 21.4. The lowest BCUT2D eigenvalue weighted by atomic mass is 10.1. The lowest BCUT2D eigenvalue weighted by Crippen LogP contribution is -2.27. The van der Waals surface area contributed by atoms with E-state index in [0.717, 1.165) is 23.1 Å². The summed E-state index contributed by atoms with van der Waals surface area (Å²) in [6, 6.07) is 34.2. The third-order valence-corrected chi connectivity index (χ3v) is 7.84. The lowest BCUT2D eigenvalue weighted by molar-refractivity contribution is -0.128. The number of benzene rings is 4. The summed E-state index contributed by atoms with van der Waals surface area (Å²) in [5.74, 6) is -0.000434. The van der Waals surface area contributed by atoms with Crippen LogP contribution in [-0.4, -0.2) is 34.9 Å². The molecule has 6 nitrogen and oxygen atoms in total. The van der Waals surface area contributed by atoms with Crippen LogP contribution >= 0.6 is 11.8 Å². The van der Waals surface area contributed by atoms with Gasteiger partial charge in [-0.2, -0.15) is 0 Å². The summed E-state index contributed by atoms with van der Waals surface area (Å²) in [6.07, 6.45) is 0.723. The van der Waals surface area contributed by atoms with Crippen LogP contribution in [0.2, 0.25) is 0 Å². The Morgan fingerprint density at radius 1 is 0.769 bits per heavy atom. The van der Waals surface area contributed by atoms with Crippen molar-refractivity contribution in [2.24, 2.45) is 0 Å². The highest BCUT2D eigenvalue weighted by molar-refractivity contribution is 8.00. The van der Waals surface area contributed by atoms with Crippen molar-refractivity contribution < 1.29 is 14.4 Å². The normalized spacial score (nSPS) is 14.7. The second-order valence-electron chi connectivity index (χ2n) is 9.28. The van der Waals surface area contributed by atoms with E-state index in [0.29, 0.717) is 35.7 Å². The summed E-state index contributed by atoms with van der Waals surface area (Å²) in [5.41, 5.74) is 4.53. The maximum Gasteiger partial charge on any atom is 0.255 e. The van der Waals surface area contributed by atoms with E-state index in [2.05, 4.69) is 10.6 Å². The number of nitrogens with one attached hydrogen (secondary N) is 2. The SMILES string of the molecule is O=C(Nc1ccccc1C(=O)NCCc1ccccc1)c1ccc([C@@H]2SCC(=O)N2Cc2ccccc2)cc1. The van der Waals surface area contributed by atoms with Crippen molar-refractivity contribution in [3.63, 3.8) is 0 Å². The minimum absolute atomic E-state index is 0.102. The quantitative estimate of drug-likeness (QED) is 0.289. The average Bonchev–Trinajstić information content (AvgIpc) is 3.34. The molecule has 0 saturated carbocycles. The number of amides is 3. The van der Waals surface area contributed by atoms with Gasteiger partial charge in [0.1, 0.15) is 5.37 Å². The largest absolute Gasteiger partial charge is 0.352 e. The molecule has 1 aliphatic heterocycles. The van der Waals surface area contributed by atoms with E-state index in [-0.39, 0.29) is 23.1 Å². The Balaban J connectivity index is 1.22. The standard InChI is InChI=1S/C32H29N3O3S/c36-29-22-39-32(35(29)21-24-11-5-2-6-12-24)26-17-15-25(16-18-26)30(37)34-28-14-8-7-13-27(28)31(38)33-20-19-23-9-3-1-4-10-23/h1-18,32H,19-22H2,(H,33,38)(H,34,37)/t32-/m0/s1. The second-order valence-corrected chi connectivity index (χ2v) is 10.4. The number of nitrogens with zero attached hydrogens (tertiary/aromatic N) is 1. The van der Waals surface area contributed by atoms with Gasteiger partial charge in [-0.05, 0) is 47.4 Å². The first-order valence-corrected chi connectivity index (χ1v) is 13.9. The molecular formula is C32H29N3O3S. The number of carbonyl (C=O) groups is 3. The number of hydrogen-bond donors (Lipinski definition) is 2. The number of anilines is 1. The summed E-state index contributed by atoms with van der Waals surface area (Å²) in [5, 5.41) is 5.72. The number of para-hydroxylation sites is 1. The summed E-state index contributed by atoms with van der Waals surface area (Å²) >= 11 is 1.59. The number of hydrogen-bond acceptors (Lipinski definition) is 4. The Labute approximate surface area is 232 Å². The van der Waals surface area contributed by atoms with Gasteiger partial charge in [-0.15, -0.1) is 11.8 Å². The lowest BCUT2D eigenvalue weighted by Gasteiger charge is -2.24. The zero-order valence-corrected chi connectivity index (χ0v) is 22.2. The molecule has 39 heavy (non-hydrogen) atoms. The van der Waals surface area contributed by atoms with Crippen molar-refractivity contribution in [2.75, 3.05) is 17.6 Å². The van der Waals surface area contributed by atoms with Gasteiger partial charge in [0, 0.05) is 18.7 Å². The summed E-state index contributed by atoms with van der Waals surface area (Å²) in [4.78, 5) is 40.4. The first-order valence-electron chi connectivity index (χ1n) is 12.9. The fourth-order valence-corrected chi connectivity index (χ4v) is 5.71. The van der Waals surface area contributed by atoms with E-state index >= 15 is 0 Å². The van der Waals surface area contributed by atoms with Gasteiger partial charge < -0.3 is 15.5 Å². The zero-order chi connectivity index (χ0) is 27.0. The van der Waals surface area contributed by atoms with Crippen molar-refractivity contribution in [1.29, 1.82) is 0 Å². The first-order chi connectivity index (χ1) is 19.1. The molecule has 0 bridgehead atoms. The highest BCUT2D eigenvalue weighted by atomic mass is 32.2. The molecule has 196 valence electrons. The molecule has 2 N–H and O–H groups in total. The van der Waals surface area contributed by atoms with Gasteiger partial charge in [0.05, 0.1) is 17.0 Å². The summed E-state index contributed by atoms with van der Waals surface area (Å²) in [7, 11) is 0. The molecule has 0 aromatic heterocycles. The number of rotatable bonds is 9. The topological polar surface area (TPSA) is 78.5 Å². The van der Waals surface area contributed by atoms with Gasteiger partial charge in [-0.25, -0.2) is 0 Å². The van der Waals surface area contributed by atoms with Crippen molar-refractivity contribution in [3.05, 3.63) is 137 Å². The molecular weight excluding hydrogens is 506 g/mol. The molecule has 1 saturated heterocycles.